The maximum Gasteiger partial charge on any atom is 0.351 e. The van der Waals surface area contributed by atoms with Crippen molar-refractivity contribution in [2.45, 2.75) is 31.3 Å². The Hall–Kier alpha value is -1.09. The molecule has 0 amide bonds. The zero-order valence-electron chi connectivity index (χ0n) is 10.0. The summed E-state index contributed by atoms with van der Waals surface area (Å²) in [7, 11) is 0. The SMILES string of the molecule is Nc1ccn([C@@H]2O[C@@H]3COSO[C@H]3C23CC3)c(=O)n1. The Kier molecular flexibility index (Phi) is 2.44. The van der Waals surface area contributed by atoms with Gasteiger partial charge in [0.15, 0.2) is 12.3 Å². The van der Waals surface area contributed by atoms with Crippen molar-refractivity contribution in [2.75, 3.05) is 12.3 Å². The van der Waals surface area contributed by atoms with E-state index in [4.69, 9.17) is 18.8 Å². The van der Waals surface area contributed by atoms with Crippen LogP contribution in [0.3, 0.4) is 0 Å². The minimum absolute atomic E-state index is 0.0271. The van der Waals surface area contributed by atoms with Gasteiger partial charge in [0.2, 0.25) is 0 Å². The van der Waals surface area contributed by atoms with Crippen molar-refractivity contribution in [3.63, 3.8) is 0 Å². The summed E-state index contributed by atoms with van der Waals surface area (Å²) in [6.07, 6.45) is 3.11. The van der Waals surface area contributed by atoms with Gasteiger partial charge in [0.1, 0.15) is 24.3 Å². The molecule has 4 rings (SSSR count). The lowest BCUT2D eigenvalue weighted by Crippen LogP contribution is -2.36. The van der Waals surface area contributed by atoms with Crippen LogP contribution in [0.4, 0.5) is 5.82 Å². The molecule has 0 unspecified atom stereocenters. The van der Waals surface area contributed by atoms with Crippen LogP contribution in [0.25, 0.3) is 0 Å². The number of aromatic nitrogens is 2. The maximum atomic E-state index is 12.0. The molecule has 102 valence electrons. The summed E-state index contributed by atoms with van der Waals surface area (Å²) in [5, 5.41) is 0. The Bertz CT molecular complexity index is 573. The molecule has 0 aromatic carbocycles. The molecule has 19 heavy (non-hydrogen) atoms. The van der Waals surface area contributed by atoms with E-state index >= 15 is 0 Å². The van der Waals surface area contributed by atoms with E-state index in [2.05, 4.69) is 4.98 Å². The lowest BCUT2D eigenvalue weighted by atomic mass is 9.96. The fourth-order valence-corrected chi connectivity index (χ4v) is 3.60. The molecule has 1 aliphatic carbocycles. The van der Waals surface area contributed by atoms with Gasteiger partial charge in [-0.05, 0) is 18.9 Å². The van der Waals surface area contributed by atoms with E-state index in [1.807, 2.05) is 0 Å². The summed E-state index contributed by atoms with van der Waals surface area (Å²) in [5.74, 6) is 0.219. The molecule has 7 nitrogen and oxygen atoms in total. The number of nitrogens with two attached hydrogens (primary N) is 1. The van der Waals surface area contributed by atoms with Gasteiger partial charge in [0.25, 0.3) is 0 Å². The monoisotopic (exact) mass is 283 g/mol. The molecule has 0 bridgehead atoms. The van der Waals surface area contributed by atoms with E-state index in [1.165, 1.54) is 4.57 Å². The van der Waals surface area contributed by atoms with Crippen LogP contribution in [0.1, 0.15) is 19.1 Å². The molecule has 3 atom stereocenters. The normalized spacial score (nSPS) is 35.3. The van der Waals surface area contributed by atoms with Crippen LogP contribution in [-0.4, -0.2) is 28.4 Å². The molecule has 0 radical (unpaired) electrons. The molecule has 2 saturated heterocycles. The van der Waals surface area contributed by atoms with E-state index in [0.29, 0.717) is 6.61 Å². The van der Waals surface area contributed by atoms with Crippen LogP contribution in [-0.2, 0) is 13.1 Å². The molecule has 1 aromatic rings. The minimum Gasteiger partial charge on any atom is -0.383 e. The Balaban J connectivity index is 1.73. The van der Waals surface area contributed by atoms with Crippen molar-refractivity contribution < 1.29 is 13.1 Å². The highest BCUT2D eigenvalue weighted by atomic mass is 32.2. The second-order valence-electron chi connectivity index (χ2n) is 5.17. The first-order valence-corrected chi connectivity index (χ1v) is 6.82. The Morgan fingerprint density at radius 3 is 3.11 bits per heavy atom. The van der Waals surface area contributed by atoms with Crippen molar-refractivity contribution in [2.24, 2.45) is 5.41 Å². The van der Waals surface area contributed by atoms with Crippen LogP contribution in [0.15, 0.2) is 17.1 Å². The summed E-state index contributed by atoms with van der Waals surface area (Å²) >= 11 is 1.01. The largest absolute Gasteiger partial charge is 0.383 e. The number of nitrogen functional groups attached to an aromatic ring is 1. The van der Waals surface area contributed by atoms with Crippen LogP contribution < -0.4 is 11.4 Å². The number of hydrogen-bond acceptors (Lipinski definition) is 7. The van der Waals surface area contributed by atoms with Gasteiger partial charge in [-0.3, -0.25) is 12.9 Å². The van der Waals surface area contributed by atoms with Crippen molar-refractivity contribution in [1.29, 1.82) is 0 Å². The van der Waals surface area contributed by atoms with E-state index < -0.39 is 0 Å². The first-order chi connectivity index (χ1) is 9.21. The van der Waals surface area contributed by atoms with Crippen LogP contribution in [0, 0.1) is 5.41 Å². The average Bonchev–Trinajstić information content (AvgIpc) is 3.11. The van der Waals surface area contributed by atoms with Crippen LogP contribution in [0.5, 0.6) is 0 Å². The highest BCUT2D eigenvalue weighted by Crippen LogP contribution is 2.64. The smallest absolute Gasteiger partial charge is 0.351 e. The molecular weight excluding hydrogens is 270 g/mol. The molecule has 1 aromatic heterocycles. The quantitative estimate of drug-likeness (QED) is 0.750. The minimum atomic E-state index is -0.386. The van der Waals surface area contributed by atoms with E-state index in [0.717, 1.165) is 25.2 Å². The third-order valence-corrected chi connectivity index (χ3v) is 4.57. The van der Waals surface area contributed by atoms with E-state index in [1.54, 1.807) is 12.3 Å². The molecule has 3 heterocycles. The van der Waals surface area contributed by atoms with Gasteiger partial charge in [0, 0.05) is 11.6 Å². The number of ether oxygens (including phenoxy) is 1. The summed E-state index contributed by atoms with van der Waals surface area (Å²) < 4.78 is 18.3. The summed E-state index contributed by atoms with van der Waals surface area (Å²) in [5.41, 5.74) is 5.01. The zero-order chi connectivity index (χ0) is 13.0. The summed E-state index contributed by atoms with van der Waals surface area (Å²) in [6, 6.07) is 1.61. The predicted molar refractivity (Wildman–Crippen MR) is 66.9 cm³/mol. The molecule has 2 N–H and O–H groups in total. The molecule has 3 aliphatic rings. The fourth-order valence-electron chi connectivity index (χ4n) is 2.96. The van der Waals surface area contributed by atoms with Gasteiger partial charge < -0.3 is 10.5 Å². The summed E-state index contributed by atoms with van der Waals surface area (Å²) in [6.45, 7) is 0.477. The Morgan fingerprint density at radius 1 is 1.53 bits per heavy atom. The predicted octanol–water partition coefficient (Wildman–Crippen LogP) is 0.482. The van der Waals surface area contributed by atoms with Gasteiger partial charge in [-0.25, -0.2) is 4.79 Å². The molecule has 8 heteroatoms. The summed E-state index contributed by atoms with van der Waals surface area (Å²) in [4.78, 5) is 15.7. The van der Waals surface area contributed by atoms with Crippen molar-refractivity contribution in [3.8, 4) is 0 Å². The van der Waals surface area contributed by atoms with Gasteiger partial charge in [-0.1, -0.05) is 0 Å². The third-order valence-electron chi connectivity index (χ3n) is 4.05. The molecule has 1 spiro atoms. The molecule has 2 aliphatic heterocycles. The maximum absolute atomic E-state index is 12.0. The lowest BCUT2D eigenvalue weighted by Gasteiger charge is -2.25. The second-order valence-corrected chi connectivity index (χ2v) is 5.74. The van der Waals surface area contributed by atoms with Crippen molar-refractivity contribution in [3.05, 3.63) is 22.7 Å². The fraction of sp³-hybridized carbons (Fsp3) is 0.636. The van der Waals surface area contributed by atoms with Gasteiger partial charge in [-0.15, -0.1) is 0 Å². The van der Waals surface area contributed by atoms with E-state index in [9.17, 15) is 4.79 Å². The third kappa shape index (κ3) is 1.64. The molecular formula is C11H13N3O4S. The number of hydrogen-bond donors (Lipinski definition) is 1. The van der Waals surface area contributed by atoms with Crippen molar-refractivity contribution in [1.82, 2.24) is 9.55 Å². The second kappa shape index (κ2) is 3.95. The highest BCUT2D eigenvalue weighted by Gasteiger charge is 2.66. The van der Waals surface area contributed by atoms with Gasteiger partial charge >= 0.3 is 5.69 Å². The van der Waals surface area contributed by atoms with Crippen LogP contribution >= 0.6 is 12.3 Å². The zero-order valence-corrected chi connectivity index (χ0v) is 10.8. The van der Waals surface area contributed by atoms with E-state index in [-0.39, 0.29) is 35.4 Å². The standard InChI is InChI=1S/C11H13N3O4S/c12-7-1-4-14(10(15)13-7)9-11(2-3-11)8-6(17-9)5-16-19-18-8/h1,4,6,8-9H,2-3,5H2,(H2,12,13,15)/t6-,8-,9-/m1/s1. The molecule has 3 fully saturated rings. The van der Waals surface area contributed by atoms with Gasteiger partial charge in [-0.2, -0.15) is 4.98 Å². The first-order valence-electron chi connectivity index (χ1n) is 6.16. The number of anilines is 1. The first kappa shape index (κ1) is 11.7. The van der Waals surface area contributed by atoms with Gasteiger partial charge in [0.05, 0.1) is 6.61 Å². The number of rotatable bonds is 1. The van der Waals surface area contributed by atoms with Crippen molar-refractivity contribution >= 4 is 18.1 Å². The van der Waals surface area contributed by atoms with Crippen LogP contribution in [0.2, 0.25) is 0 Å². The Morgan fingerprint density at radius 2 is 2.37 bits per heavy atom. The average molecular weight is 283 g/mol. The Labute approximate surface area is 113 Å². The topological polar surface area (TPSA) is 88.6 Å². The highest BCUT2D eigenvalue weighted by molar-refractivity contribution is 7.89. The number of fused-ring (bicyclic) bond motifs is 2. The molecule has 1 saturated carbocycles. The number of nitrogens with zero attached hydrogens (tertiary/aromatic N) is 2. The lowest BCUT2D eigenvalue weighted by molar-refractivity contribution is -0.0486.